The third kappa shape index (κ3) is 2.40. The minimum atomic E-state index is -0.0818. The zero-order valence-corrected chi connectivity index (χ0v) is 4.96. The number of hydrogen-bond donors (Lipinski definition) is 0. The van der Waals surface area contributed by atoms with Crippen LogP contribution in [0.1, 0.15) is 13.3 Å². The Balaban J connectivity index is 3.58. The van der Waals surface area contributed by atoms with E-state index in [1.54, 1.807) is 6.92 Å². The van der Waals surface area contributed by atoms with Gasteiger partial charge in [0.05, 0.1) is 5.03 Å². The molecule has 0 rings (SSSR count). The minimum absolute atomic E-state index is 0.0818. The van der Waals surface area contributed by atoms with Crippen molar-refractivity contribution in [1.29, 1.82) is 0 Å². The Bertz CT molecular complexity index is 96.3. The lowest BCUT2D eigenvalue weighted by molar-refractivity contribution is -0.114. The predicted molar refractivity (Wildman–Crippen MR) is 30.3 cm³/mol. The van der Waals surface area contributed by atoms with Gasteiger partial charge >= 0.3 is 0 Å². The number of Topliss-reactive ketones (excluding diaryl/α,β-unsaturated/α-hetero) is 1. The van der Waals surface area contributed by atoms with E-state index < -0.39 is 0 Å². The van der Waals surface area contributed by atoms with Crippen LogP contribution in [0.5, 0.6) is 0 Å². The summed E-state index contributed by atoms with van der Waals surface area (Å²) in [5, 5.41) is 0.127. The van der Waals surface area contributed by atoms with E-state index in [1.165, 1.54) is 0 Å². The average Bonchev–Trinajstić information content (AvgIpc) is 1.65. The second kappa shape index (κ2) is 2.80. The summed E-state index contributed by atoms with van der Waals surface area (Å²) in [7, 11) is 0. The Morgan fingerprint density at radius 1 is 1.86 bits per heavy atom. The molecule has 0 aliphatic heterocycles. The Morgan fingerprint density at radius 3 is 2.29 bits per heavy atom. The molecule has 40 valence electrons. The molecule has 0 saturated carbocycles. The number of rotatable bonds is 2. The average molecular weight is 119 g/mol. The number of carbonyl (C=O) groups is 1. The molecule has 0 aliphatic rings. The molecular formula is C5H7ClO. The van der Waals surface area contributed by atoms with Crippen LogP contribution in [0.4, 0.5) is 0 Å². The van der Waals surface area contributed by atoms with E-state index in [-0.39, 0.29) is 10.8 Å². The fourth-order valence-electron chi connectivity index (χ4n) is 0.192. The molecule has 7 heavy (non-hydrogen) atoms. The van der Waals surface area contributed by atoms with Crippen LogP contribution in [0.25, 0.3) is 0 Å². The van der Waals surface area contributed by atoms with Gasteiger partial charge in [-0.15, -0.1) is 0 Å². The van der Waals surface area contributed by atoms with Crippen molar-refractivity contribution in [1.82, 2.24) is 0 Å². The van der Waals surface area contributed by atoms with Crippen molar-refractivity contribution in [3.63, 3.8) is 0 Å². The normalized spacial score (nSPS) is 8.29. The lowest BCUT2D eigenvalue weighted by atomic mass is 10.3. The largest absolute Gasteiger partial charge is 0.293 e. The molecule has 2 heteroatoms. The second-order valence-corrected chi connectivity index (χ2v) is 1.64. The molecule has 0 amide bonds. The lowest BCUT2D eigenvalue weighted by Gasteiger charge is -1.85. The second-order valence-electron chi connectivity index (χ2n) is 1.18. The van der Waals surface area contributed by atoms with Crippen LogP contribution in [-0.2, 0) is 4.79 Å². The van der Waals surface area contributed by atoms with E-state index in [9.17, 15) is 4.79 Å². The third-order valence-electron chi connectivity index (χ3n) is 0.624. The molecule has 0 heterocycles. The van der Waals surface area contributed by atoms with Gasteiger partial charge in [-0.3, -0.25) is 4.79 Å². The molecule has 0 radical (unpaired) electrons. The highest BCUT2D eigenvalue weighted by molar-refractivity contribution is 6.42. The summed E-state index contributed by atoms with van der Waals surface area (Å²) in [6.45, 7) is 4.99. The van der Waals surface area contributed by atoms with E-state index >= 15 is 0 Å². The highest BCUT2D eigenvalue weighted by atomic mass is 35.5. The van der Waals surface area contributed by atoms with Gasteiger partial charge in [-0.1, -0.05) is 25.1 Å². The summed E-state index contributed by atoms with van der Waals surface area (Å²) in [6.07, 6.45) is 0.447. The first-order valence-corrected chi connectivity index (χ1v) is 2.44. The van der Waals surface area contributed by atoms with Crippen LogP contribution in [0.2, 0.25) is 0 Å². The molecule has 0 fully saturated rings. The minimum Gasteiger partial charge on any atom is -0.293 e. The molecule has 0 unspecified atom stereocenters. The maximum Gasteiger partial charge on any atom is 0.173 e. The van der Waals surface area contributed by atoms with E-state index in [0.29, 0.717) is 6.42 Å². The highest BCUT2D eigenvalue weighted by Gasteiger charge is 1.96. The summed E-state index contributed by atoms with van der Waals surface area (Å²) in [5.41, 5.74) is 0. The van der Waals surface area contributed by atoms with Gasteiger partial charge < -0.3 is 0 Å². The van der Waals surface area contributed by atoms with Gasteiger partial charge in [-0.05, 0) is 0 Å². The third-order valence-corrected chi connectivity index (χ3v) is 0.834. The van der Waals surface area contributed by atoms with Crippen molar-refractivity contribution in [3.8, 4) is 0 Å². The first-order chi connectivity index (χ1) is 3.18. The van der Waals surface area contributed by atoms with Gasteiger partial charge in [0.15, 0.2) is 5.78 Å². The quantitative estimate of drug-likeness (QED) is 0.505. The SMILES string of the molecule is C=C(Cl)C(=O)CC. The number of halogens is 1. The summed E-state index contributed by atoms with van der Waals surface area (Å²) in [4.78, 5) is 10.3. The Morgan fingerprint density at radius 2 is 2.29 bits per heavy atom. The molecule has 0 aromatic carbocycles. The van der Waals surface area contributed by atoms with Gasteiger partial charge in [0.25, 0.3) is 0 Å². The molecule has 1 nitrogen and oxygen atoms in total. The van der Waals surface area contributed by atoms with E-state index in [0.717, 1.165) is 0 Å². The van der Waals surface area contributed by atoms with Crippen LogP contribution in [0.15, 0.2) is 11.6 Å². The lowest BCUT2D eigenvalue weighted by Crippen LogP contribution is -1.90. The molecule has 0 saturated heterocycles. The molecule has 0 aromatic rings. The van der Waals surface area contributed by atoms with Crippen LogP contribution in [0, 0.1) is 0 Å². The number of hydrogen-bond acceptors (Lipinski definition) is 1. The topological polar surface area (TPSA) is 17.1 Å². The van der Waals surface area contributed by atoms with Crippen molar-refractivity contribution in [2.75, 3.05) is 0 Å². The molecular weight excluding hydrogens is 112 g/mol. The standard InChI is InChI=1S/C5H7ClO/c1-3-5(7)4(2)6/h2-3H2,1H3. The van der Waals surface area contributed by atoms with Gasteiger partial charge in [-0.2, -0.15) is 0 Å². The van der Waals surface area contributed by atoms with Crippen molar-refractivity contribution in [2.45, 2.75) is 13.3 Å². The summed E-state index contributed by atoms with van der Waals surface area (Å²) in [6, 6.07) is 0. The predicted octanol–water partition coefficient (Wildman–Crippen LogP) is 1.72. The Kier molecular flexibility index (Phi) is 2.68. The monoisotopic (exact) mass is 118 g/mol. The van der Waals surface area contributed by atoms with E-state index in [2.05, 4.69) is 6.58 Å². The molecule has 0 bridgehead atoms. The number of carbonyl (C=O) groups excluding carboxylic acids is 1. The molecule has 0 aromatic heterocycles. The van der Waals surface area contributed by atoms with Crippen molar-refractivity contribution in [3.05, 3.63) is 11.6 Å². The maximum absolute atomic E-state index is 10.3. The summed E-state index contributed by atoms with van der Waals surface area (Å²) >= 11 is 5.18. The van der Waals surface area contributed by atoms with Gasteiger partial charge in [0.2, 0.25) is 0 Å². The van der Waals surface area contributed by atoms with Crippen molar-refractivity contribution in [2.24, 2.45) is 0 Å². The smallest absolute Gasteiger partial charge is 0.173 e. The Hall–Kier alpha value is -0.300. The Labute approximate surface area is 48.0 Å². The van der Waals surface area contributed by atoms with Crippen LogP contribution >= 0.6 is 11.6 Å². The van der Waals surface area contributed by atoms with E-state index in [4.69, 9.17) is 11.6 Å². The maximum atomic E-state index is 10.3. The zero-order chi connectivity index (χ0) is 5.86. The molecule has 0 spiro atoms. The van der Waals surface area contributed by atoms with Crippen molar-refractivity contribution >= 4 is 17.4 Å². The van der Waals surface area contributed by atoms with Crippen LogP contribution in [-0.4, -0.2) is 5.78 Å². The fraction of sp³-hybridized carbons (Fsp3) is 0.400. The first-order valence-electron chi connectivity index (χ1n) is 2.06. The number of allylic oxidation sites excluding steroid dienone is 1. The fourth-order valence-corrected chi connectivity index (χ4v) is 0.325. The molecule has 0 aliphatic carbocycles. The van der Waals surface area contributed by atoms with Crippen molar-refractivity contribution < 1.29 is 4.79 Å². The first kappa shape index (κ1) is 6.70. The van der Waals surface area contributed by atoms with Crippen LogP contribution < -0.4 is 0 Å². The van der Waals surface area contributed by atoms with E-state index in [1.807, 2.05) is 0 Å². The molecule has 0 N–H and O–H groups in total. The van der Waals surface area contributed by atoms with Gasteiger partial charge in [0.1, 0.15) is 0 Å². The summed E-state index contributed by atoms with van der Waals surface area (Å²) in [5.74, 6) is -0.0818. The van der Waals surface area contributed by atoms with Gasteiger partial charge in [-0.25, -0.2) is 0 Å². The molecule has 0 atom stereocenters. The van der Waals surface area contributed by atoms with Crippen LogP contribution in [0.3, 0.4) is 0 Å². The summed E-state index contributed by atoms with van der Waals surface area (Å²) < 4.78 is 0. The zero-order valence-electron chi connectivity index (χ0n) is 4.20. The number of ketones is 1. The van der Waals surface area contributed by atoms with Gasteiger partial charge in [0, 0.05) is 6.42 Å². The highest BCUT2D eigenvalue weighted by Crippen LogP contribution is 1.99.